The summed E-state index contributed by atoms with van der Waals surface area (Å²) in [7, 11) is 0. The van der Waals surface area contributed by atoms with Crippen LogP contribution in [0, 0.1) is 5.41 Å². The van der Waals surface area contributed by atoms with Gasteiger partial charge in [-0.3, -0.25) is 19.9 Å². The second kappa shape index (κ2) is 3.65. The third-order valence-corrected chi connectivity index (χ3v) is 2.63. The van der Waals surface area contributed by atoms with Gasteiger partial charge in [0.25, 0.3) is 0 Å². The van der Waals surface area contributed by atoms with Gasteiger partial charge in [0.05, 0.1) is 11.9 Å². The maximum atomic E-state index is 12.1. The lowest BCUT2D eigenvalue weighted by Crippen LogP contribution is -2.62. The van der Waals surface area contributed by atoms with E-state index in [1.165, 1.54) is 26.2 Å². The molecule has 2 heterocycles. The number of aromatic nitrogens is 1. The fraction of sp³-hybridized carbons (Fsp3) is 0.273. The Balaban J connectivity index is 2.45. The van der Waals surface area contributed by atoms with Gasteiger partial charge in [0, 0.05) is 6.20 Å². The molecule has 1 aliphatic heterocycles. The minimum Gasteiger partial charge on any atom is -0.276 e. The number of urea groups is 1. The molecule has 0 aliphatic carbocycles. The van der Waals surface area contributed by atoms with Crippen LogP contribution in [0.5, 0.6) is 0 Å². The summed E-state index contributed by atoms with van der Waals surface area (Å²) >= 11 is 0. The zero-order chi connectivity index (χ0) is 12.6. The largest absolute Gasteiger partial charge is 0.335 e. The van der Waals surface area contributed by atoms with Crippen LogP contribution >= 0.6 is 0 Å². The van der Waals surface area contributed by atoms with Crippen molar-refractivity contribution in [2.75, 3.05) is 4.90 Å². The number of amides is 4. The molecule has 88 valence electrons. The van der Waals surface area contributed by atoms with Crippen molar-refractivity contribution in [2.24, 2.45) is 5.41 Å². The Morgan fingerprint density at radius 3 is 2.59 bits per heavy atom. The highest BCUT2D eigenvalue weighted by Gasteiger charge is 2.47. The lowest BCUT2D eigenvalue weighted by atomic mass is 9.88. The molecule has 6 nitrogen and oxygen atoms in total. The number of carbonyl (C=O) groups excluding carboxylic acids is 3. The summed E-state index contributed by atoms with van der Waals surface area (Å²) in [5.74, 6) is -1.15. The number of nitrogens with one attached hydrogen (secondary N) is 1. The molecule has 0 aromatic carbocycles. The van der Waals surface area contributed by atoms with E-state index >= 15 is 0 Å². The molecular formula is C11H11N3O3. The van der Waals surface area contributed by atoms with Gasteiger partial charge in [-0.15, -0.1) is 0 Å². The van der Waals surface area contributed by atoms with E-state index < -0.39 is 23.3 Å². The van der Waals surface area contributed by atoms with Crippen LogP contribution in [0.25, 0.3) is 0 Å². The Kier molecular flexibility index (Phi) is 2.42. The van der Waals surface area contributed by atoms with Crippen LogP contribution in [0.3, 0.4) is 0 Å². The smallest absolute Gasteiger partial charge is 0.276 e. The molecule has 2 rings (SSSR count). The van der Waals surface area contributed by atoms with Crippen LogP contribution in [0.2, 0.25) is 0 Å². The van der Waals surface area contributed by atoms with Crippen LogP contribution in [0.1, 0.15) is 13.8 Å². The average Bonchev–Trinajstić information content (AvgIpc) is 2.28. The number of barbiturate groups is 1. The number of pyridine rings is 1. The summed E-state index contributed by atoms with van der Waals surface area (Å²) < 4.78 is 0. The van der Waals surface area contributed by atoms with Crippen molar-refractivity contribution in [1.82, 2.24) is 10.3 Å². The molecule has 1 aliphatic rings. The molecule has 1 saturated heterocycles. The monoisotopic (exact) mass is 233 g/mol. The van der Waals surface area contributed by atoms with Crippen molar-refractivity contribution >= 4 is 23.5 Å². The van der Waals surface area contributed by atoms with Crippen molar-refractivity contribution in [3.8, 4) is 0 Å². The van der Waals surface area contributed by atoms with Gasteiger partial charge in [0.2, 0.25) is 11.8 Å². The Hall–Kier alpha value is -2.24. The third kappa shape index (κ3) is 1.67. The van der Waals surface area contributed by atoms with Gasteiger partial charge in [-0.1, -0.05) is 0 Å². The fourth-order valence-electron chi connectivity index (χ4n) is 1.50. The fourth-order valence-corrected chi connectivity index (χ4v) is 1.50. The quantitative estimate of drug-likeness (QED) is 0.724. The SMILES string of the molecule is CC1(C)C(=O)NC(=O)N(c2cccnc2)C1=O. The molecule has 1 fully saturated rings. The van der Waals surface area contributed by atoms with Crippen molar-refractivity contribution in [1.29, 1.82) is 0 Å². The molecule has 1 aromatic rings. The zero-order valence-corrected chi connectivity index (χ0v) is 9.43. The summed E-state index contributed by atoms with van der Waals surface area (Å²) in [4.78, 5) is 40.0. The second-order valence-electron chi connectivity index (χ2n) is 4.24. The highest BCUT2D eigenvalue weighted by molar-refractivity contribution is 6.29. The zero-order valence-electron chi connectivity index (χ0n) is 9.43. The van der Waals surface area contributed by atoms with Crippen molar-refractivity contribution in [3.63, 3.8) is 0 Å². The summed E-state index contributed by atoms with van der Waals surface area (Å²) in [5.41, 5.74) is -0.917. The third-order valence-electron chi connectivity index (χ3n) is 2.63. The van der Waals surface area contributed by atoms with Gasteiger partial charge in [-0.2, -0.15) is 0 Å². The molecule has 1 N–H and O–H groups in total. The van der Waals surface area contributed by atoms with Crippen LogP contribution in [0.15, 0.2) is 24.5 Å². The molecule has 0 bridgehead atoms. The van der Waals surface area contributed by atoms with E-state index in [0.717, 1.165) is 4.90 Å². The predicted octanol–water partition coefficient (Wildman–Crippen LogP) is 0.691. The summed E-state index contributed by atoms with van der Waals surface area (Å²) in [6, 6.07) is 2.45. The molecule has 17 heavy (non-hydrogen) atoms. The van der Waals surface area contributed by atoms with Crippen molar-refractivity contribution in [2.45, 2.75) is 13.8 Å². The molecule has 4 amide bonds. The molecule has 0 spiro atoms. The van der Waals surface area contributed by atoms with Gasteiger partial charge in [0.1, 0.15) is 5.41 Å². The lowest BCUT2D eigenvalue weighted by Gasteiger charge is -2.34. The first-order valence-electron chi connectivity index (χ1n) is 5.04. The molecule has 6 heteroatoms. The number of anilines is 1. The molecular weight excluding hydrogens is 222 g/mol. The van der Waals surface area contributed by atoms with Gasteiger partial charge in [0.15, 0.2) is 0 Å². The second-order valence-corrected chi connectivity index (χ2v) is 4.24. The Morgan fingerprint density at radius 2 is 2.00 bits per heavy atom. The summed E-state index contributed by atoms with van der Waals surface area (Å²) in [5, 5.41) is 2.15. The number of rotatable bonds is 1. The molecule has 0 radical (unpaired) electrons. The Bertz CT molecular complexity index is 496. The normalized spacial score (nSPS) is 19.2. The standard InChI is InChI=1S/C11H11N3O3/c1-11(2)8(15)13-10(17)14(9(11)16)7-4-3-5-12-6-7/h3-6H,1-2H3,(H,13,15,17). The molecule has 0 atom stereocenters. The first-order valence-corrected chi connectivity index (χ1v) is 5.04. The predicted molar refractivity (Wildman–Crippen MR) is 59.0 cm³/mol. The van der Waals surface area contributed by atoms with Crippen LogP contribution in [0.4, 0.5) is 10.5 Å². The van der Waals surface area contributed by atoms with Crippen LogP contribution in [-0.2, 0) is 9.59 Å². The van der Waals surface area contributed by atoms with E-state index in [4.69, 9.17) is 0 Å². The van der Waals surface area contributed by atoms with Gasteiger partial charge >= 0.3 is 6.03 Å². The van der Waals surface area contributed by atoms with Gasteiger partial charge in [-0.25, -0.2) is 9.69 Å². The van der Waals surface area contributed by atoms with E-state index in [2.05, 4.69) is 10.3 Å². The Labute approximate surface area is 97.6 Å². The highest BCUT2D eigenvalue weighted by Crippen LogP contribution is 2.27. The van der Waals surface area contributed by atoms with E-state index in [9.17, 15) is 14.4 Å². The summed E-state index contributed by atoms with van der Waals surface area (Å²) in [6.07, 6.45) is 2.93. The number of hydrogen-bond donors (Lipinski definition) is 1. The van der Waals surface area contributed by atoms with E-state index in [1.54, 1.807) is 12.1 Å². The summed E-state index contributed by atoms with van der Waals surface area (Å²) in [6.45, 7) is 2.95. The first-order chi connectivity index (χ1) is 7.94. The number of imide groups is 2. The lowest BCUT2D eigenvalue weighted by molar-refractivity contribution is -0.140. The van der Waals surface area contributed by atoms with Crippen LogP contribution < -0.4 is 10.2 Å². The van der Waals surface area contributed by atoms with Crippen molar-refractivity contribution in [3.05, 3.63) is 24.5 Å². The maximum Gasteiger partial charge on any atom is 0.335 e. The van der Waals surface area contributed by atoms with Gasteiger partial charge in [-0.05, 0) is 26.0 Å². The number of hydrogen-bond acceptors (Lipinski definition) is 4. The van der Waals surface area contributed by atoms with Crippen molar-refractivity contribution < 1.29 is 14.4 Å². The highest BCUT2D eigenvalue weighted by atomic mass is 16.2. The maximum absolute atomic E-state index is 12.1. The average molecular weight is 233 g/mol. The topological polar surface area (TPSA) is 79.4 Å². The first kappa shape index (κ1) is 11.3. The van der Waals surface area contributed by atoms with Crippen LogP contribution in [-0.4, -0.2) is 22.8 Å². The molecule has 0 unspecified atom stereocenters. The van der Waals surface area contributed by atoms with E-state index in [-0.39, 0.29) is 0 Å². The number of nitrogens with zero attached hydrogens (tertiary/aromatic N) is 2. The molecule has 1 aromatic heterocycles. The minimum absolute atomic E-state index is 0.343. The van der Waals surface area contributed by atoms with E-state index in [1.807, 2.05) is 0 Å². The van der Waals surface area contributed by atoms with Gasteiger partial charge < -0.3 is 0 Å². The molecule has 0 saturated carbocycles. The minimum atomic E-state index is -1.26. The number of carbonyl (C=O) groups is 3. The Morgan fingerprint density at radius 1 is 1.29 bits per heavy atom. The van der Waals surface area contributed by atoms with E-state index in [0.29, 0.717) is 5.69 Å².